The highest BCUT2D eigenvalue weighted by Crippen LogP contribution is 2.22. The van der Waals surface area contributed by atoms with E-state index in [1.807, 2.05) is 20.8 Å². The molecule has 0 unspecified atom stereocenters. The standard InChI is InChI=1S/C17H16FNO3/c1-17(2,3)10-6-7-12(18)11-22-19-15(20)13-8-4-5-9-14(13)16(19)21/h4-5,7-9H,11H2,1-3H3. The van der Waals surface area contributed by atoms with E-state index in [-0.39, 0.29) is 16.5 Å². The predicted molar refractivity (Wildman–Crippen MR) is 79.3 cm³/mol. The van der Waals surface area contributed by atoms with Crippen LogP contribution >= 0.6 is 0 Å². The highest BCUT2D eigenvalue weighted by molar-refractivity contribution is 6.20. The summed E-state index contributed by atoms with van der Waals surface area (Å²) < 4.78 is 13.6. The van der Waals surface area contributed by atoms with Gasteiger partial charge in [0, 0.05) is 11.5 Å². The van der Waals surface area contributed by atoms with Crippen LogP contribution < -0.4 is 0 Å². The van der Waals surface area contributed by atoms with Crippen molar-refractivity contribution >= 4 is 11.8 Å². The molecular weight excluding hydrogens is 285 g/mol. The van der Waals surface area contributed by atoms with Crippen LogP contribution in [-0.4, -0.2) is 23.5 Å². The number of carbonyl (C=O) groups is 2. The molecule has 0 fully saturated rings. The summed E-state index contributed by atoms with van der Waals surface area (Å²) in [6.45, 7) is 5.19. The van der Waals surface area contributed by atoms with Gasteiger partial charge < -0.3 is 0 Å². The Labute approximate surface area is 128 Å². The predicted octanol–water partition coefficient (Wildman–Crippen LogP) is 3.12. The van der Waals surface area contributed by atoms with E-state index in [1.54, 1.807) is 12.1 Å². The summed E-state index contributed by atoms with van der Waals surface area (Å²) in [5.41, 5.74) is 0.272. The van der Waals surface area contributed by atoms with Gasteiger partial charge in [0.1, 0.15) is 12.4 Å². The van der Waals surface area contributed by atoms with Gasteiger partial charge in [0.2, 0.25) is 0 Å². The van der Waals surface area contributed by atoms with Gasteiger partial charge in [0.15, 0.2) is 0 Å². The summed E-state index contributed by atoms with van der Waals surface area (Å²) in [5.74, 6) is 3.59. The van der Waals surface area contributed by atoms with Crippen molar-refractivity contribution in [3.8, 4) is 11.8 Å². The molecule has 1 aromatic carbocycles. The Balaban J connectivity index is 2.01. The third kappa shape index (κ3) is 3.60. The van der Waals surface area contributed by atoms with E-state index in [1.165, 1.54) is 12.1 Å². The third-order valence-electron chi connectivity index (χ3n) is 2.76. The zero-order chi connectivity index (χ0) is 16.3. The van der Waals surface area contributed by atoms with Gasteiger partial charge in [0.25, 0.3) is 11.8 Å². The van der Waals surface area contributed by atoms with Gasteiger partial charge in [-0.05, 0) is 32.9 Å². The monoisotopic (exact) mass is 301 g/mol. The lowest BCUT2D eigenvalue weighted by Crippen LogP contribution is -2.30. The molecule has 0 atom stereocenters. The molecule has 0 saturated heterocycles. The van der Waals surface area contributed by atoms with Crippen molar-refractivity contribution in [1.82, 2.24) is 5.06 Å². The average molecular weight is 301 g/mol. The van der Waals surface area contributed by atoms with Crippen LogP contribution in [0.3, 0.4) is 0 Å². The molecule has 1 aliphatic heterocycles. The van der Waals surface area contributed by atoms with Gasteiger partial charge in [-0.2, -0.15) is 0 Å². The van der Waals surface area contributed by atoms with Crippen LogP contribution in [0, 0.1) is 17.3 Å². The maximum atomic E-state index is 13.6. The number of fused-ring (bicyclic) bond motifs is 1. The van der Waals surface area contributed by atoms with Crippen LogP contribution in [0.5, 0.6) is 0 Å². The number of amides is 2. The molecule has 2 amide bonds. The van der Waals surface area contributed by atoms with E-state index in [0.717, 1.165) is 6.08 Å². The molecule has 2 rings (SSSR count). The molecular formula is C17H16FNO3. The minimum atomic E-state index is -0.659. The quantitative estimate of drug-likeness (QED) is 0.636. The SMILES string of the molecule is CC(C)(C)C#CC=C(F)CON1C(=O)c2ccccc2C1=O. The smallest absolute Gasteiger partial charge is 0.266 e. The minimum absolute atomic E-state index is 0.236. The van der Waals surface area contributed by atoms with E-state index in [0.29, 0.717) is 5.06 Å². The molecule has 1 aromatic rings. The fraction of sp³-hybridized carbons (Fsp3) is 0.294. The van der Waals surface area contributed by atoms with E-state index < -0.39 is 24.2 Å². The maximum absolute atomic E-state index is 13.6. The Morgan fingerprint density at radius 2 is 1.77 bits per heavy atom. The molecule has 0 aromatic heterocycles. The zero-order valence-corrected chi connectivity index (χ0v) is 12.6. The Bertz CT molecular complexity index is 670. The topological polar surface area (TPSA) is 46.6 Å². The van der Waals surface area contributed by atoms with Crippen LogP contribution in [0.1, 0.15) is 41.5 Å². The molecule has 114 valence electrons. The number of benzene rings is 1. The lowest BCUT2D eigenvalue weighted by molar-refractivity contribution is -0.0860. The maximum Gasteiger partial charge on any atom is 0.285 e. The molecule has 1 heterocycles. The highest BCUT2D eigenvalue weighted by Gasteiger charge is 2.36. The van der Waals surface area contributed by atoms with Crippen molar-refractivity contribution in [3.05, 3.63) is 47.3 Å². The summed E-state index contributed by atoms with van der Waals surface area (Å²) in [5, 5.41) is 0.579. The first-order chi connectivity index (χ1) is 10.3. The van der Waals surface area contributed by atoms with Gasteiger partial charge >= 0.3 is 0 Å². The number of rotatable bonds is 3. The molecule has 1 aliphatic rings. The largest absolute Gasteiger partial charge is 0.285 e. The van der Waals surface area contributed by atoms with Gasteiger partial charge in [-0.25, -0.2) is 4.39 Å². The first kappa shape index (κ1) is 15.9. The van der Waals surface area contributed by atoms with Gasteiger partial charge in [-0.1, -0.05) is 24.0 Å². The normalized spacial score (nSPS) is 14.7. The van der Waals surface area contributed by atoms with Crippen LogP contribution in [0.2, 0.25) is 0 Å². The van der Waals surface area contributed by atoms with E-state index >= 15 is 0 Å². The Hall–Kier alpha value is -2.45. The van der Waals surface area contributed by atoms with Crippen molar-refractivity contribution in [3.63, 3.8) is 0 Å². The molecule has 5 heteroatoms. The minimum Gasteiger partial charge on any atom is -0.266 e. The van der Waals surface area contributed by atoms with Gasteiger partial charge in [-0.15, -0.1) is 5.06 Å². The van der Waals surface area contributed by atoms with E-state index in [2.05, 4.69) is 11.8 Å². The molecule has 22 heavy (non-hydrogen) atoms. The van der Waals surface area contributed by atoms with Crippen LogP contribution in [0.15, 0.2) is 36.2 Å². The third-order valence-corrected chi connectivity index (χ3v) is 2.76. The van der Waals surface area contributed by atoms with Gasteiger partial charge in [0.05, 0.1) is 11.1 Å². The second-order valence-corrected chi connectivity index (χ2v) is 5.83. The Morgan fingerprint density at radius 1 is 1.23 bits per heavy atom. The molecule has 4 nitrogen and oxygen atoms in total. The van der Waals surface area contributed by atoms with Crippen molar-refractivity contribution in [2.75, 3.05) is 6.61 Å². The lowest BCUT2D eigenvalue weighted by atomic mass is 9.98. The highest BCUT2D eigenvalue weighted by atomic mass is 19.1. The summed E-state index contributed by atoms with van der Waals surface area (Å²) in [4.78, 5) is 28.9. The fourth-order valence-electron chi connectivity index (χ4n) is 1.78. The number of imide groups is 1. The molecule has 0 aliphatic carbocycles. The number of allylic oxidation sites excluding steroid dienone is 1. The summed E-state index contributed by atoms with van der Waals surface area (Å²) >= 11 is 0. The molecule has 0 bridgehead atoms. The number of nitrogens with zero attached hydrogens (tertiary/aromatic N) is 1. The molecule has 0 N–H and O–H groups in total. The number of halogens is 1. The van der Waals surface area contributed by atoms with Gasteiger partial charge in [-0.3, -0.25) is 14.4 Å². The first-order valence-corrected chi connectivity index (χ1v) is 6.77. The molecule has 0 radical (unpaired) electrons. The first-order valence-electron chi connectivity index (χ1n) is 6.77. The van der Waals surface area contributed by atoms with Crippen LogP contribution in [0.25, 0.3) is 0 Å². The van der Waals surface area contributed by atoms with Crippen molar-refractivity contribution in [1.29, 1.82) is 0 Å². The number of hydrogen-bond donors (Lipinski definition) is 0. The Kier molecular flexibility index (Phi) is 4.43. The second kappa shape index (κ2) is 6.12. The molecule has 0 spiro atoms. The van der Waals surface area contributed by atoms with Crippen molar-refractivity contribution < 1.29 is 18.8 Å². The summed E-state index contributed by atoms with van der Waals surface area (Å²) in [6.07, 6.45) is 1.07. The lowest BCUT2D eigenvalue weighted by Gasteiger charge is -2.12. The van der Waals surface area contributed by atoms with Crippen LogP contribution in [0.4, 0.5) is 4.39 Å². The number of hydroxylamine groups is 2. The van der Waals surface area contributed by atoms with Crippen molar-refractivity contribution in [2.24, 2.45) is 5.41 Å². The average Bonchev–Trinajstić information content (AvgIpc) is 2.68. The number of carbonyl (C=O) groups excluding carboxylic acids is 2. The van der Waals surface area contributed by atoms with Crippen LogP contribution in [-0.2, 0) is 4.84 Å². The second-order valence-electron chi connectivity index (χ2n) is 5.83. The van der Waals surface area contributed by atoms with Crippen molar-refractivity contribution in [2.45, 2.75) is 20.8 Å². The summed E-state index contributed by atoms with van der Waals surface area (Å²) in [7, 11) is 0. The van der Waals surface area contributed by atoms with E-state index in [4.69, 9.17) is 4.84 Å². The van der Waals surface area contributed by atoms with E-state index in [9.17, 15) is 14.0 Å². The zero-order valence-electron chi connectivity index (χ0n) is 12.6. The number of hydrogen-bond acceptors (Lipinski definition) is 3. The Morgan fingerprint density at radius 3 is 2.27 bits per heavy atom. The fourth-order valence-corrected chi connectivity index (χ4v) is 1.78. The summed E-state index contributed by atoms with van der Waals surface area (Å²) in [6, 6.07) is 6.35. The molecule has 0 saturated carbocycles.